The van der Waals surface area contributed by atoms with Gasteiger partial charge in [0.15, 0.2) is 0 Å². The third-order valence-corrected chi connectivity index (χ3v) is 6.37. The van der Waals surface area contributed by atoms with Gasteiger partial charge in [0, 0.05) is 22.5 Å². The fraction of sp³-hybridized carbons (Fsp3) is 0.308. The quantitative estimate of drug-likeness (QED) is 0.513. The van der Waals surface area contributed by atoms with Gasteiger partial charge in [0.25, 0.3) is 0 Å². The lowest BCUT2D eigenvalue weighted by molar-refractivity contribution is 0.218. The number of aliphatic hydroxyl groups excluding tert-OH is 1. The molecule has 4 rings (SSSR count). The van der Waals surface area contributed by atoms with E-state index in [4.69, 9.17) is 11.5 Å². The summed E-state index contributed by atoms with van der Waals surface area (Å²) in [5.41, 5.74) is 18.1. The molecule has 3 aromatic carbocycles. The molecule has 4 nitrogen and oxygen atoms in total. The van der Waals surface area contributed by atoms with Crippen LogP contribution in [0.25, 0.3) is 0 Å². The predicted octanol–water partition coefficient (Wildman–Crippen LogP) is 5.20. The van der Waals surface area contributed by atoms with Crippen LogP contribution in [0, 0.1) is 0 Å². The lowest BCUT2D eigenvalue weighted by Crippen LogP contribution is -2.26. The van der Waals surface area contributed by atoms with Crippen LogP contribution in [0.5, 0.6) is 0 Å². The van der Waals surface area contributed by atoms with Gasteiger partial charge in [-0.05, 0) is 65.9 Å². The van der Waals surface area contributed by atoms with Crippen molar-refractivity contribution in [2.75, 3.05) is 23.0 Å². The summed E-state index contributed by atoms with van der Waals surface area (Å²) in [6.07, 6.45) is 2.14. The molecule has 0 aromatic heterocycles. The molecule has 1 saturated heterocycles. The van der Waals surface area contributed by atoms with Gasteiger partial charge in [-0.15, -0.1) is 0 Å². The third kappa shape index (κ3) is 3.88. The van der Waals surface area contributed by atoms with Gasteiger partial charge in [0.1, 0.15) is 0 Å². The molecule has 2 atom stereocenters. The molecule has 1 fully saturated rings. The Morgan fingerprint density at radius 1 is 0.767 bits per heavy atom. The maximum absolute atomic E-state index is 9.72. The highest BCUT2D eigenvalue weighted by Gasteiger charge is 2.35. The van der Waals surface area contributed by atoms with Crippen LogP contribution in [-0.2, 0) is 5.41 Å². The van der Waals surface area contributed by atoms with Gasteiger partial charge in [-0.3, -0.25) is 0 Å². The summed E-state index contributed by atoms with van der Waals surface area (Å²) < 4.78 is 0. The molecular weight excluding hydrogens is 370 g/mol. The van der Waals surface area contributed by atoms with E-state index in [1.54, 1.807) is 0 Å². The largest absolute Gasteiger partial charge is 0.399 e. The van der Waals surface area contributed by atoms with E-state index in [-0.39, 0.29) is 24.1 Å². The Balaban J connectivity index is 1.74. The third-order valence-electron chi connectivity index (χ3n) is 6.37. The molecule has 1 aliphatic heterocycles. The van der Waals surface area contributed by atoms with Crippen molar-refractivity contribution in [3.8, 4) is 0 Å². The summed E-state index contributed by atoms with van der Waals surface area (Å²) in [4.78, 5) is 2.52. The van der Waals surface area contributed by atoms with Gasteiger partial charge in [-0.2, -0.15) is 0 Å². The molecule has 0 aliphatic carbocycles. The van der Waals surface area contributed by atoms with E-state index in [1.807, 2.05) is 24.3 Å². The number of nitrogen functional groups attached to an aromatic ring is 2. The summed E-state index contributed by atoms with van der Waals surface area (Å²) in [5.74, 6) is 0. The Morgan fingerprint density at radius 2 is 1.20 bits per heavy atom. The van der Waals surface area contributed by atoms with Crippen molar-refractivity contribution < 1.29 is 5.11 Å². The number of nitrogens with zero attached hydrogens (tertiary/aromatic N) is 1. The van der Waals surface area contributed by atoms with E-state index in [0.717, 1.165) is 29.8 Å². The summed E-state index contributed by atoms with van der Waals surface area (Å²) in [6, 6.07) is 25.7. The van der Waals surface area contributed by atoms with Gasteiger partial charge in [-0.1, -0.05) is 50.2 Å². The number of rotatable bonds is 5. The van der Waals surface area contributed by atoms with Crippen molar-refractivity contribution in [1.82, 2.24) is 0 Å². The summed E-state index contributed by atoms with van der Waals surface area (Å²) in [7, 11) is 0. The number of aliphatic hydroxyl groups is 1. The molecule has 0 radical (unpaired) electrons. The second-order valence-corrected chi connectivity index (χ2v) is 8.94. The topological polar surface area (TPSA) is 75.5 Å². The minimum atomic E-state index is -0.254. The molecule has 0 amide bonds. The van der Waals surface area contributed by atoms with Gasteiger partial charge >= 0.3 is 0 Å². The van der Waals surface area contributed by atoms with Crippen LogP contribution in [0.3, 0.4) is 0 Å². The van der Waals surface area contributed by atoms with E-state index < -0.39 is 0 Å². The highest BCUT2D eigenvalue weighted by molar-refractivity contribution is 5.56. The minimum absolute atomic E-state index is 0.123. The normalized spacial score (nSPS) is 19.2. The molecule has 3 aromatic rings. The average Bonchev–Trinajstić information content (AvgIpc) is 3.20. The summed E-state index contributed by atoms with van der Waals surface area (Å²) in [5, 5.41) is 9.72. The highest BCUT2D eigenvalue weighted by Crippen LogP contribution is 2.47. The number of benzene rings is 3. The zero-order valence-electron chi connectivity index (χ0n) is 17.8. The number of anilines is 3. The first-order chi connectivity index (χ1) is 14.4. The fourth-order valence-electron chi connectivity index (χ4n) is 4.44. The predicted molar refractivity (Wildman–Crippen MR) is 125 cm³/mol. The second-order valence-electron chi connectivity index (χ2n) is 8.94. The number of nitrogens with two attached hydrogens (primary N) is 2. The van der Waals surface area contributed by atoms with Crippen LogP contribution in [0.2, 0.25) is 0 Å². The van der Waals surface area contributed by atoms with Crippen molar-refractivity contribution in [2.45, 2.75) is 44.2 Å². The summed E-state index contributed by atoms with van der Waals surface area (Å²) >= 11 is 0. The van der Waals surface area contributed by atoms with Gasteiger partial charge in [0.05, 0.1) is 18.7 Å². The van der Waals surface area contributed by atoms with Crippen molar-refractivity contribution >= 4 is 17.1 Å². The van der Waals surface area contributed by atoms with Crippen LogP contribution in [-0.4, -0.2) is 11.7 Å². The Kier molecular flexibility index (Phi) is 5.44. The molecule has 4 heteroatoms. The lowest BCUT2D eigenvalue weighted by atomic mass is 9.85. The lowest BCUT2D eigenvalue weighted by Gasteiger charge is -2.34. The standard InChI is InChI=1S/C26H31N3O/c1-26(2,17-30)20-7-13-23(14-8-20)29-24(18-3-9-21(27)10-4-18)15-16-25(29)19-5-11-22(28)12-6-19/h3-14,24-25,30H,15-17,27-28H2,1-2H3. The highest BCUT2D eigenvalue weighted by atomic mass is 16.3. The zero-order chi connectivity index (χ0) is 21.3. The van der Waals surface area contributed by atoms with E-state index in [1.165, 1.54) is 16.8 Å². The molecule has 1 heterocycles. The SMILES string of the molecule is CC(C)(CO)c1ccc(N2C(c3ccc(N)cc3)CCC2c2ccc(N)cc2)cc1. The molecule has 1 aliphatic rings. The maximum atomic E-state index is 9.72. The molecule has 156 valence electrons. The van der Waals surface area contributed by atoms with Crippen LogP contribution >= 0.6 is 0 Å². The first-order valence-electron chi connectivity index (χ1n) is 10.6. The smallest absolute Gasteiger partial charge is 0.0549 e. The average molecular weight is 402 g/mol. The van der Waals surface area contributed by atoms with Crippen LogP contribution < -0.4 is 16.4 Å². The fourth-order valence-corrected chi connectivity index (χ4v) is 4.44. The second kappa shape index (κ2) is 8.04. The molecule has 2 unspecified atom stereocenters. The van der Waals surface area contributed by atoms with Crippen molar-refractivity contribution in [1.29, 1.82) is 0 Å². The molecule has 0 saturated carbocycles. The number of hydrogen-bond donors (Lipinski definition) is 3. The zero-order valence-corrected chi connectivity index (χ0v) is 17.8. The van der Waals surface area contributed by atoms with E-state index >= 15 is 0 Å². The van der Waals surface area contributed by atoms with Crippen molar-refractivity contribution in [2.24, 2.45) is 0 Å². The van der Waals surface area contributed by atoms with E-state index in [2.05, 4.69) is 67.3 Å². The van der Waals surface area contributed by atoms with Crippen molar-refractivity contribution in [3.63, 3.8) is 0 Å². The van der Waals surface area contributed by atoms with Gasteiger partial charge < -0.3 is 21.5 Å². The van der Waals surface area contributed by atoms with Crippen LogP contribution in [0.1, 0.15) is 55.5 Å². The monoisotopic (exact) mass is 401 g/mol. The minimum Gasteiger partial charge on any atom is -0.399 e. The van der Waals surface area contributed by atoms with E-state index in [9.17, 15) is 5.11 Å². The first kappa shape index (κ1) is 20.3. The summed E-state index contributed by atoms with van der Waals surface area (Å²) in [6.45, 7) is 4.25. The van der Waals surface area contributed by atoms with Gasteiger partial charge in [0.2, 0.25) is 0 Å². The maximum Gasteiger partial charge on any atom is 0.0549 e. The van der Waals surface area contributed by atoms with Gasteiger partial charge in [-0.25, -0.2) is 0 Å². The number of hydrogen-bond acceptors (Lipinski definition) is 4. The molecule has 0 spiro atoms. The Morgan fingerprint density at radius 3 is 1.60 bits per heavy atom. The molecular formula is C26H31N3O. The Bertz CT molecular complexity index is 925. The molecule has 30 heavy (non-hydrogen) atoms. The Labute approximate surface area is 179 Å². The molecule has 0 bridgehead atoms. The molecule has 5 N–H and O–H groups in total. The van der Waals surface area contributed by atoms with Crippen molar-refractivity contribution in [3.05, 3.63) is 89.5 Å². The van der Waals surface area contributed by atoms with E-state index in [0.29, 0.717) is 0 Å². The Hall–Kier alpha value is -2.98. The van der Waals surface area contributed by atoms with Crippen LogP contribution in [0.15, 0.2) is 72.8 Å². The first-order valence-corrected chi connectivity index (χ1v) is 10.6. The van der Waals surface area contributed by atoms with Crippen LogP contribution in [0.4, 0.5) is 17.1 Å².